The van der Waals surface area contributed by atoms with Crippen LogP contribution < -0.4 is 23.7 Å². The van der Waals surface area contributed by atoms with E-state index in [9.17, 15) is 20.1 Å². The van der Waals surface area contributed by atoms with E-state index < -0.39 is 35.8 Å². The number of carbonyl (C=O) groups excluding carboxylic acids is 1. The number of hydrogen-bond donors (Lipinski definition) is 3. The Morgan fingerprint density at radius 1 is 0.969 bits per heavy atom. The second kappa shape index (κ2) is 6.89. The third-order valence-corrected chi connectivity index (χ3v) is 6.48. The number of methoxy groups -OCH3 is 3. The lowest BCUT2D eigenvalue weighted by molar-refractivity contribution is -0.196. The number of aliphatic hydroxyl groups excluding tert-OH is 1. The summed E-state index contributed by atoms with van der Waals surface area (Å²) in [5.41, 5.74) is -3.99. The van der Waals surface area contributed by atoms with E-state index in [1.807, 2.05) is 0 Å². The molecule has 4 atom stereocenters. The molecule has 10 heteroatoms. The topological polar surface area (TPSA) is 133 Å². The van der Waals surface area contributed by atoms with E-state index in [4.69, 9.17) is 28.4 Å². The lowest BCUT2D eigenvalue weighted by Crippen LogP contribution is -2.64. The van der Waals surface area contributed by atoms with E-state index in [0.717, 1.165) is 0 Å². The molecule has 0 radical (unpaired) electrons. The van der Waals surface area contributed by atoms with Gasteiger partial charge in [-0.15, -0.1) is 0 Å². The predicted octanol–water partition coefficient (Wildman–Crippen LogP) is 0.639. The van der Waals surface area contributed by atoms with Crippen molar-refractivity contribution in [2.45, 2.75) is 23.2 Å². The molecule has 5 rings (SSSR count). The average Bonchev–Trinajstić information content (AvgIpc) is 3.36. The number of cyclic esters (lactones) is 1. The van der Waals surface area contributed by atoms with Crippen LogP contribution in [0.1, 0.15) is 28.7 Å². The predicted molar refractivity (Wildman–Crippen MR) is 106 cm³/mol. The molecule has 0 saturated carbocycles. The smallest absolute Gasteiger partial charge is 0.342 e. The number of rotatable bonds is 4. The van der Waals surface area contributed by atoms with Crippen LogP contribution in [0, 0.1) is 0 Å². The normalized spacial score (nSPS) is 29.8. The highest BCUT2D eigenvalue weighted by atomic mass is 16.7. The van der Waals surface area contributed by atoms with Gasteiger partial charge in [-0.05, 0) is 29.3 Å². The molecule has 3 aliphatic rings. The summed E-state index contributed by atoms with van der Waals surface area (Å²) in [4.78, 5) is 12.9. The average molecular weight is 446 g/mol. The zero-order chi connectivity index (χ0) is 22.8. The first-order valence-corrected chi connectivity index (χ1v) is 9.84. The van der Waals surface area contributed by atoms with Gasteiger partial charge in [-0.1, -0.05) is 6.07 Å². The van der Waals surface area contributed by atoms with Crippen LogP contribution in [0.4, 0.5) is 0 Å². The zero-order valence-electron chi connectivity index (χ0n) is 17.6. The molecule has 2 heterocycles. The van der Waals surface area contributed by atoms with E-state index in [-0.39, 0.29) is 35.2 Å². The number of aliphatic hydroxyl groups is 3. The largest absolute Gasteiger partial charge is 0.493 e. The summed E-state index contributed by atoms with van der Waals surface area (Å²) in [5.74, 6) is -0.778. The third-order valence-electron chi connectivity index (χ3n) is 6.48. The Bertz CT molecular complexity index is 1110. The van der Waals surface area contributed by atoms with E-state index in [0.29, 0.717) is 17.1 Å². The monoisotopic (exact) mass is 446 g/mol. The third kappa shape index (κ3) is 2.37. The molecule has 0 amide bonds. The molecule has 1 fully saturated rings. The van der Waals surface area contributed by atoms with E-state index in [2.05, 4.69) is 0 Å². The van der Waals surface area contributed by atoms with Crippen LogP contribution in [0.2, 0.25) is 0 Å². The fourth-order valence-corrected chi connectivity index (χ4v) is 4.92. The van der Waals surface area contributed by atoms with Gasteiger partial charge in [0, 0.05) is 5.56 Å². The fourth-order valence-electron chi connectivity index (χ4n) is 4.92. The van der Waals surface area contributed by atoms with Crippen molar-refractivity contribution in [2.24, 2.45) is 0 Å². The molecule has 2 aromatic rings. The van der Waals surface area contributed by atoms with Crippen molar-refractivity contribution in [3.63, 3.8) is 0 Å². The highest BCUT2D eigenvalue weighted by Crippen LogP contribution is 2.61. The molecule has 170 valence electrons. The van der Waals surface area contributed by atoms with Crippen LogP contribution in [0.25, 0.3) is 0 Å². The number of carbonyl (C=O) groups is 1. The lowest BCUT2D eigenvalue weighted by atomic mass is 9.60. The van der Waals surface area contributed by atoms with E-state index in [1.165, 1.54) is 27.4 Å². The zero-order valence-corrected chi connectivity index (χ0v) is 17.6. The quantitative estimate of drug-likeness (QED) is 0.575. The van der Waals surface area contributed by atoms with E-state index in [1.54, 1.807) is 18.2 Å². The van der Waals surface area contributed by atoms with Crippen molar-refractivity contribution in [3.8, 4) is 28.7 Å². The molecule has 1 aliphatic carbocycles. The van der Waals surface area contributed by atoms with Gasteiger partial charge in [-0.25, -0.2) is 4.79 Å². The summed E-state index contributed by atoms with van der Waals surface area (Å²) in [5, 5.41) is 34.3. The van der Waals surface area contributed by atoms with Crippen LogP contribution in [-0.2, 0) is 9.53 Å². The Morgan fingerprint density at radius 2 is 1.69 bits per heavy atom. The molecule has 1 saturated heterocycles. The van der Waals surface area contributed by atoms with Crippen molar-refractivity contribution in [1.82, 2.24) is 0 Å². The standard InChI is InChI=1S/C22H22O10/c1-27-14-7-11-15(18(29-3)17(14)28-2)16(10-4-5-12-13(6-10)32-9-31-12)22(26)20(24)30-8-21(22,25)19(11)23/h4-7,16,19,23,25-26H,8-9H2,1-3H3/t16-,19-,21-,22-/m1/s1. The van der Waals surface area contributed by atoms with Crippen LogP contribution in [0.5, 0.6) is 28.7 Å². The summed E-state index contributed by atoms with van der Waals surface area (Å²) < 4.78 is 32.4. The van der Waals surface area contributed by atoms with Crippen molar-refractivity contribution in [2.75, 3.05) is 34.7 Å². The second-order valence-corrected chi connectivity index (χ2v) is 7.86. The van der Waals surface area contributed by atoms with Crippen molar-refractivity contribution >= 4 is 5.97 Å². The number of benzene rings is 2. The number of esters is 1. The maximum absolute atomic E-state index is 12.9. The Kier molecular flexibility index (Phi) is 4.45. The van der Waals surface area contributed by atoms with Gasteiger partial charge < -0.3 is 43.7 Å². The maximum atomic E-state index is 12.9. The summed E-state index contributed by atoms with van der Waals surface area (Å²) in [6.07, 6.45) is -1.69. The Morgan fingerprint density at radius 3 is 2.38 bits per heavy atom. The Labute approximate surface area is 182 Å². The number of hydrogen-bond acceptors (Lipinski definition) is 10. The van der Waals surface area contributed by atoms with Gasteiger partial charge in [0.25, 0.3) is 0 Å². The van der Waals surface area contributed by atoms with Gasteiger partial charge in [0.05, 0.1) is 27.2 Å². The summed E-state index contributed by atoms with van der Waals surface area (Å²) in [6.45, 7) is -0.565. The number of fused-ring (bicyclic) bond motifs is 3. The Hall–Kier alpha value is -3.21. The summed E-state index contributed by atoms with van der Waals surface area (Å²) in [6, 6.07) is 6.37. The minimum absolute atomic E-state index is 0.0311. The van der Waals surface area contributed by atoms with Gasteiger partial charge in [-0.3, -0.25) is 0 Å². The summed E-state index contributed by atoms with van der Waals surface area (Å²) >= 11 is 0. The first-order chi connectivity index (χ1) is 15.3. The molecule has 2 aromatic carbocycles. The van der Waals surface area contributed by atoms with Crippen molar-refractivity contribution in [3.05, 3.63) is 41.0 Å². The summed E-state index contributed by atoms with van der Waals surface area (Å²) in [7, 11) is 4.22. The number of ether oxygens (including phenoxy) is 6. The van der Waals surface area contributed by atoms with Gasteiger partial charge in [0.2, 0.25) is 18.1 Å². The molecule has 0 aromatic heterocycles. The SMILES string of the molecule is COc1cc2c(c(OC)c1OC)[C@@H](c1ccc3c(c1)OCO3)[C@@]1(O)C(=O)OC[C@@]1(O)[C@@H]2O. The molecule has 0 bridgehead atoms. The highest BCUT2D eigenvalue weighted by molar-refractivity contribution is 5.88. The molecule has 3 N–H and O–H groups in total. The Balaban J connectivity index is 1.87. The van der Waals surface area contributed by atoms with Gasteiger partial charge in [0.1, 0.15) is 12.7 Å². The van der Waals surface area contributed by atoms with Crippen LogP contribution >= 0.6 is 0 Å². The minimum Gasteiger partial charge on any atom is -0.493 e. The van der Waals surface area contributed by atoms with Crippen LogP contribution in [0.3, 0.4) is 0 Å². The highest BCUT2D eigenvalue weighted by Gasteiger charge is 2.73. The van der Waals surface area contributed by atoms with Crippen molar-refractivity contribution in [1.29, 1.82) is 0 Å². The van der Waals surface area contributed by atoms with Gasteiger partial charge in [0.15, 0.2) is 28.6 Å². The molecule has 0 spiro atoms. The maximum Gasteiger partial charge on any atom is 0.342 e. The second-order valence-electron chi connectivity index (χ2n) is 7.86. The fraction of sp³-hybridized carbons (Fsp3) is 0.409. The van der Waals surface area contributed by atoms with Crippen molar-refractivity contribution < 1.29 is 48.5 Å². The molecule has 10 nitrogen and oxygen atoms in total. The van der Waals surface area contributed by atoms with Crippen LogP contribution in [0.15, 0.2) is 24.3 Å². The van der Waals surface area contributed by atoms with E-state index >= 15 is 0 Å². The first kappa shape index (κ1) is 20.7. The molecular formula is C22H22O10. The lowest BCUT2D eigenvalue weighted by Gasteiger charge is -2.47. The molecule has 0 unspecified atom stereocenters. The van der Waals surface area contributed by atoms with Gasteiger partial charge in [-0.2, -0.15) is 0 Å². The molecule has 2 aliphatic heterocycles. The first-order valence-electron chi connectivity index (χ1n) is 9.84. The molecular weight excluding hydrogens is 424 g/mol. The minimum atomic E-state index is -2.53. The molecule has 32 heavy (non-hydrogen) atoms. The van der Waals surface area contributed by atoms with Gasteiger partial charge >= 0.3 is 5.97 Å². The van der Waals surface area contributed by atoms with Crippen LogP contribution in [-0.4, -0.2) is 67.2 Å².